The molecule has 2 heterocycles. The molecule has 0 N–H and O–H groups in total. The summed E-state index contributed by atoms with van der Waals surface area (Å²) in [5.74, 6) is 0. The van der Waals surface area contributed by atoms with Crippen LogP contribution in [0, 0.1) is 13.8 Å². The van der Waals surface area contributed by atoms with E-state index >= 15 is 0 Å². The molecule has 0 radical (unpaired) electrons. The fourth-order valence-electron chi connectivity index (χ4n) is 11.0. The Kier molecular flexibility index (Phi) is 9.22. The van der Waals surface area contributed by atoms with Crippen LogP contribution < -0.4 is 31.1 Å². The van der Waals surface area contributed by atoms with Crippen LogP contribution in [0.2, 0.25) is 0 Å². The summed E-state index contributed by atoms with van der Waals surface area (Å²) >= 11 is 0. The molecule has 0 amide bonds. The summed E-state index contributed by atoms with van der Waals surface area (Å²) in [7, 11) is 0. The second kappa shape index (κ2) is 14.6. The lowest BCUT2D eigenvalue weighted by Crippen LogP contribution is -2.61. The molecule has 0 atom stereocenters. The molecule has 8 aromatic rings. The highest BCUT2D eigenvalue weighted by Gasteiger charge is 2.45. The van der Waals surface area contributed by atoms with E-state index in [0.717, 1.165) is 11.4 Å². The summed E-state index contributed by atoms with van der Waals surface area (Å²) in [6.07, 6.45) is 0. The number of rotatable bonds is 5. The SMILES string of the molecule is Cc1cc2c3c(c1)N(c1ccc4c(c1)C(C)(C)c1ccccc1-4)c1cc(N(c4ccccc4)c4ccccc4C)ccc1B3c1cc(C(C)(C)C)ccc1N2c1ccc(C(C)(C)C)cc1. The van der Waals surface area contributed by atoms with Gasteiger partial charge < -0.3 is 14.7 Å². The molecule has 0 saturated heterocycles. The van der Waals surface area contributed by atoms with Crippen LogP contribution in [0.3, 0.4) is 0 Å². The number of hydrogen-bond acceptors (Lipinski definition) is 3. The average molecular weight is 844 g/mol. The average Bonchev–Trinajstić information content (AvgIpc) is 3.51. The fourth-order valence-corrected chi connectivity index (χ4v) is 11.0. The van der Waals surface area contributed by atoms with Crippen molar-refractivity contribution in [3.8, 4) is 11.1 Å². The zero-order valence-electron chi connectivity index (χ0n) is 39.6. The Labute approximate surface area is 387 Å². The second-order valence-corrected chi connectivity index (χ2v) is 21.2. The first-order valence-electron chi connectivity index (χ1n) is 23.4. The molecule has 0 fully saturated rings. The number of fused-ring (bicyclic) bond motifs is 7. The molecule has 3 aliphatic rings. The number of hydrogen-bond donors (Lipinski definition) is 0. The van der Waals surface area contributed by atoms with E-state index in [2.05, 4.69) is 254 Å². The van der Waals surface area contributed by atoms with Gasteiger partial charge in [0, 0.05) is 56.6 Å². The van der Waals surface area contributed by atoms with Crippen molar-refractivity contribution in [1.82, 2.24) is 0 Å². The van der Waals surface area contributed by atoms with Crippen molar-refractivity contribution in [2.45, 2.75) is 85.5 Å². The van der Waals surface area contributed by atoms with Crippen molar-refractivity contribution in [3.05, 3.63) is 203 Å². The van der Waals surface area contributed by atoms with E-state index in [1.165, 1.54) is 101 Å². The molecular formula is C61H58BN3. The van der Waals surface area contributed by atoms with E-state index in [-0.39, 0.29) is 23.0 Å². The van der Waals surface area contributed by atoms with Crippen molar-refractivity contribution >= 4 is 74.3 Å². The summed E-state index contributed by atoms with van der Waals surface area (Å²) in [4.78, 5) is 7.58. The van der Waals surface area contributed by atoms with Gasteiger partial charge in [-0.25, -0.2) is 0 Å². The van der Waals surface area contributed by atoms with Gasteiger partial charge in [0.1, 0.15) is 0 Å². The van der Waals surface area contributed by atoms with Gasteiger partial charge in [-0.3, -0.25) is 0 Å². The Morgan fingerprint density at radius 1 is 0.462 bits per heavy atom. The fraction of sp³-hybridized carbons (Fsp3) is 0.213. The molecule has 320 valence electrons. The van der Waals surface area contributed by atoms with Crippen LogP contribution in [-0.4, -0.2) is 6.71 Å². The van der Waals surface area contributed by atoms with Gasteiger partial charge >= 0.3 is 0 Å². The lowest BCUT2D eigenvalue weighted by atomic mass is 9.33. The van der Waals surface area contributed by atoms with Gasteiger partial charge in [-0.1, -0.05) is 152 Å². The smallest absolute Gasteiger partial charge is 0.252 e. The predicted molar refractivity (Wildman–Crippen MR) is 280 cm³/mol. The quantitative estimate of drug-likeness (QED) is 0.160. The molecule has 65 heavy (non-hydrogen) atoms. The summed E-state index contributed by atoms with van der Waals surface area (Å²) < 4.78 is 0. The topological polar surface area (TPSA) is 9.72 Å². The maximum absolute atomic E-state index is 2.60. The Morgan fingerprint density at radius 2 is 1.08 bits per heavy atom. The third-order valence-electron chi connectivity index (χ3n) is 14.5. The van der Waals surface area contributed by atoms with Crippen LogP contribution in [0.4, 0.5) is 51.2 Å². The first-order chi connectivity index (χ1) is 31.1. The van der Waals surface area contributed by atoms with Crippen LogP contribution >= 0.6 is 0 Å². The van der Waals surface area contributed by atoms with Gasteiger partial charge in [-0.05, 0) is 158 Å². The Bertz CT molecular complexity index is 3180. The van der Waals surface area contributed by atoms with Gasteiger partial charge in [0.25, 0.3) is 6.71 Å². The number of anilines is 9. The lowest BCUT2D eigenvalue weighted by Gasteiger charge is -2.45. The molecule has 0 spiro atoms. The Hall–Kier alpha value is -6.78. The Balaban J connectivity index is 1.21. The predicted octanol–water partition coefficient (Wildman–Crippen LogP) is 14.8. The molecular weight excluding hydrogens is 786 g/mol. The van der Waals surface area contributed by atoms with Gasteiger partial charge in [0.05, 0.1) is 0 Å². The number of benzene rings is 8. The van der Waals surface area contributed by atoms with Crippen LogP contribution in [0.25, 0.3) is 11.1 Å². The monoisotopic (exact) mass is 843 g/mol. The van der Waals surface area contributed by atoms with E-state index in [1.807, 2.05) is 0 Å². The number of nitrogens with zero attached hydrogens (tertiary/aromatic N) is 3. The maximum Gasteiger partial charge on any atom is 0.252 e. The molecule has 4 heteroatoms. The minimum Gasteiger partial charge on any atom is -0.311 e. The maximum atomic E-state index is 2.60. The highest BCUT2D eigenvalue weighted by molar-refractivity contribution is 7.00. The second-order valence-electron chi connectivity index (χ2n) is 21.2. The highest BCUT2D eigenvalue weighted by Crippen LogP contribution is 2.52. The summed E-state index contributed by atoms with van der Waals surface area (Å²) in [5, 5.41) is 0. The van der Waals surface area contributed by atoms with E-state index in [9.17, 15) is 0 Å². The van der Waals surface area contributed by atoms with Gasteiger partial charge in [-0.15, -0.1) is 0 Å². The zero-order chi connectivity index (χ0) is 45.2. The number of para-hydroxylation sites is 2. The number of aryl methyl sites for hydroxylation is 2. The molecule has 11 rings (SSSR count). The standard InChI is InChI=1S/C61H58BN3/c1-39-34-56-58-57(35-39)65(45-29-31-48-47-21-15-16-22-49(47)61(9,10)50(48)37-45)55-38-46(63(43-19-12-11-13-20-43)53-23-17-14-18-40(53)2)30-32-51(55)62(58)52-36-42(60(6,7)8)26-33-54(52)64(56)44-27-24-41(25-28-44)59(3,4)5/h11-38H,1-10H3. The molecule has 8 aromatic carbocycles. The van der Waals surface area contributed by atoms with E-state index < -0.39 is 0 Å². The molecule has 0 aromatic heterocycles. The van der Waals surface area contributed by atoms with Crippen molar-refractivity contribution in [2.75, 3.05) is 14.7 Å². The highest BCUT2D eigenvalue weighted by atomic mass is 15.2. The van der Waals surface area contributed by atoms with E-state index in [0.29, 0.717) is 0 Å². The summed E-state index contributed by atoms with van der Waals surface area (Å²) in [5.41, 5.74) is 25.1. The zero-order valence-corrected chi connectivity index (χ0v) is 39.6. The third kappa shape index (κ3) is 6.47. The van der Waals surface area contributed by atoms with Gasteiger partial charge in [0.2, 0.25) is 0 Å². The summed E-state index contributed by atoms with van der Waals surface area (Å²) in [6, 6.07) is 64.6. The van der Waals surface area contributed by atoms with E-state index in [4.69, 9.17) is 0 Å². The molecule has 2 aliphatic heterocycles. The third-order valence-corrected chi connectivity index (χ3v) is 14.5. The van der Waals surface area contributed by atoms with Gasteiger partial charge in [-0.2, -0.15) is 0 Å². The largest absolute Gasteiger partial charge is 0.311 e. The van der Waals surface area contributed by atoms with Crippen molar-refractivity contribution in [3.63, 3.8) is 0 Å². The van der Waals surface area contributed by atoms with Crippen molar-refractivity contribution in [1.29, 1.82) is 0 Å². The van der Waals surface area contributed by atoms with Crippen LogP contribution in [0.15, 0.2) is 170 Å². The van der Waals surface area contributed by atoms with Crippen LogP contribution in [-0.2, 0) is 16.2 Å². The first kappa shape index (κ1) is 41.0. The van der Waals surface area contributed by atoms with E-state index in [1.54, 1.807) is 0 Å². The summed E-state index contributed by atoms with van der Waals surface area (Å²) in [6.45, 7) is 23.2. The van der Waals surface area contributed by atoms with Crippen LogP contribution in [0.1, 0.15) is 88.8 Å². The van der Waals surface area contributed by atoms with Crippen molar-refractivity contribution in [2.24, 2.45) is 0 Å². The van der Waals surface area contributed by atoms with Crippen LogP contribution in [0.5, 0.6) is 0 Å². The lowest BCUT2D eigenvalue weighted by molar-refractivity contribution is 0.590. The normalized spacial score (nSPS) is 14.3. The van der Waals surface area contributed by atoms with Crippen molar-refractivity contribution < 1.29 is 0 Å². The molecule has 0 unspecified atom stereocenters. The molecule has 0 saturated carbocycles. The van der Waals surface area contributed by atoms with Gasteiger partial charge in [0.15, 0.2) is 0 Å². The molecule has 1 aliphatic carbocycles. The molecule has 0 bridgehead atoms. The first-order valence-corrected chi connectivity index (χ1v) is 23.4. The molecule has 3 nitrogen and oxygen atoms in total. The Morgan fingerprint density at radius 3 is 1.78 bits per heavy atom. The minimum absolute atomic E-state index is 0.00191. The minimum atomic E-state index is -0.149.